The number of allylic oxidation sites excluding steroid dienone is 11. The lowest BCUT2D eigenvalue weighted by Crippen LogP contribution is -2.14. The Morgan fingerprint density at radius 3 is 2.44 bits per heavy atom. The zero-order valence-corrected chi connectivity index (χ0v) is 27.3. The largest absolute Gasteiger partial charge is 0.361 e. The van der Waals surface area contributed by atoms with Gasteiger partial charge in [-0.2, -0.15) is 0 Å². The fourth-order valence-corrected chi connectivity index (χ4v) is 6.34. The van der Waals surface area contributed by atoms with Crippen molar-refractivity contribution in [3.63, 3.8) is 0 Å². The number of benzene rings is 3. The van der Waals surface area contributed by atoms with Crippen LogP contribution in [-0.2, 0) is 11.8 Å². The Balaban J connectivity index is 1.55. The molecule has 0 aliphatic heterocycles. The molecule has 45 heavy (non-hydrogen) atoms. The summed E-state index contributed by atoms with van der Waals surface area (Å²) < 4.78 is 2.34. The minimum absolute atomic E-state index is 0.00306. The number of nitrogens with one attached hydrogen (secondary N) is 1. The van der Waals surface area contributed by atoms with E-state index in [4.69, 9.17) is 0 Å². The molecule has 0 atom stereocenters. The molecule has 0 bridgehead atoms. The normalized spacial score (nSPS) is 14.9. The number of hydrogen-bond acceptors (Lipinski definition) is 1. The fraction of sp³-hybridized carbons (Fsp3) is 0.163. The van der Waals surface area contributed by atoms with E-state index in [-0.39, 0.29) is 5.41 Å². The van der Waals surface area contributed by atoms with Crippen LogP contribution in [0.3, 0.4) is 0 Å². The zero-order valence-electron chi connectivity index (χ0n) is 27.3. The molecule has 4 aromatic rings. The zero-order chi connectivity index (χ0) is 32.0. The Bertz CT molecular complexity index is 1930. The molecule has 0 radical (unpaired) electrons. The molecule has 3 aromatic carbocycles. The van der Waals surface area contributed by atoms with Gasteiger partial charge in [-0.15, -0.1) is 0 Å². The van der Waals surface area contributed by atoms with Gasteiger partial charge in [-0.25, -0.2) is 0 Å². The van der Waals surface area contributed by atoms with Gasteiger partial charge < -0.3 is 9.88 Å². The summed E-state index contributed by atoms with van der Waals surface area (Å²) in [4.78, 5) is 0. The van der Waals surface area contributed by atoms with E-state index in [1.807, 2.05) is 32.2 Å². The quantitative estimate of drug-likeness (QED) is 0.172. The van der Waals surface area contributed by atoms with Crippen molar-refractivity contribution in [3.05, 3.63) is 180 Å². The molecule has 0 saturated carbocycles. The van der Waals surface area contributed by atoms with E-state index in [1.165, 1.54) is 55.5 Å². The van der Waals surface area contributed by atoms with Crippen LogP contribution in [0, 0.1) is 0 Å². The number of fused-ring (bicyclic) bond motifs is 4. The van der Waals surface area contributed by atoms with Crippen LogP contribution >= 0.6 is 0 Å². The first-order chi connectivity index (χ1) is 21.8. The third-order valence-electron chi connectivity index (χ3n) is 8.69. The standard InChI is InChI=1S/C43H44N2/c1-8-12-14-18-33-30-45(34-24-25-40-38(29-34)36-19-15-16-20-39(36)43(40,6)7)42-26-23-32(28-37(33)42)22-21-31(5)35(17-10-3)41(11-4)44-27-13-9-2/h8-21,23-30,44H,2,4,22H2,1,3,5-7H3/b12-8-,17-10-,18-14-,27-13+,31-21+,41-35-. The Kier molecular flexibility index (Phi) is 9.54. The summed E-state index contributed by atoms with van der Waals surface area (Å²) in [6, 6.07) is 22.7. The summed E-state index contributed by atoms with van der Waals surface area (Å²) in [5.74, 6) is 0. The van der Waals surface area contributed by atoms with Crippen LogP contribution in [-0.4, -0.2) is 4.57 Å². The maximum Gasteiger partial charge on any atom is 0.0534 e. The maximum absolute atomic E-state index is 4.03. The van der Waals surface area contributed by atoms with Crippen LogP contribution in [0.25, 0.3) is 33.8 Å². The molecule has 1 aliphatic rings. The molecule has 2 heteroatoms. The highest BCUT2D eigenvalue weighted by Gasteiger charge is 2.35. The molecule has 0 unspecified atom stereocenters. The second kappa shape index (κ2) is 13.7. The summed E-state index contributed by atoms with van der Waals surface area (Å²) in [6.07, 6.45) is 25.4. The summed E-state index contributed by atoms with van der Waals surface area (Å²) in [5.41, 5.74) is 13.6. The number of aromatic nitrogens is 1. The van der Waals surface area contributed by atoms with Crippen molar-refractivity contribution in [2.24, 2.45) is 0 Å². The van der Waals surface area contributed by atoms with E-state index in [2.05, 4.69) is 153 Å². The predicted octanol–water partition coefficient (Wildman–Crippen LogP) is 11.3. The Morgan fingerprint density at radius 2 is 1.69 bits per heavy atom. The highest BCUT2D eigenvalue weighted by Crippen LogP contribution is 2.49. The van der Waals surface area contributed by atoms with Crippen molar-refractivity contribution in [1.82, 2.24) is 9.88 Å². The molecule has 0 spiro atoms. The average Bonchev–Trinajstić information content (AvgIpc) is 3.52. The first-order valence-corrected chi connectivity index (χ1v) is 15.7. The molecule has 1 aromatic heterocycles. The minimum Gasteiger partial charge on any atom is -0.361 e. The van der Waals surface area contributed by atoms with Crippen molar-refractivity contribution in [2.75, 3.05) is 0 Å². The third kappa shape index (κ3) is 6.28. The first kappa shape index (κ1) is 31.3. The van der Waals surface area contributed by atoms with Gasteiger partial charge in [0, 0.05) is 45.7 Å². The second-order valence-electron chi connectivity index (χ2n) is 12.0. The van der Waals surface area contributed by atoms with Crippen LogP contribution in [0.4, 0.5) is 0 Å². The van der Waals surface area contributed by atoms with Gasteiger partial charge >= 0.3 is 0 Å². The van der Waals surface area contributed by atoms with Crippen molar-refractivity contribution >= 4 is 17.0 Å². The lowest BCUT2D eigenvalue weighted by molar-refractivity contribution is 0.660. The van der Waals surface area contributed by atoms with Gasteiger partial charge in [0.1, 0.15) is 0 Å². The molecule has 0 amide bonds. The molecule has 1 aliphatic carbocycles. The van der Waals surface area contributed by atoms with Crippen LogP contribution in [0.1, 0.15) is 56.9 Å². The maximum atomic E-state index is 4.03. The third-order valence-corrected chi connectivity index (χ3v) is 8.69. The Hall–Kier alpha value is -5.08. The Labute approximate surface area is 269 Å². The average molecular weight is 589 g/mol. The van der Waals surface area contributed by atoms with Gasteiger partial charge in [-0.1, -0.05) is 112 Å². The number of hydrogen-bond donors (Lipinski definition) is 1. The minimum atomic E-state index is -0.00306. The molecule has 0 fully saturated rings. The monoisotopic (exact) mass is 588 g/mol. The van der Waals surface area contributed by atoms with Crippen LogP contribution in [0.5, 0.6) is 0 Å². The number of rotatable bonds is 11. The summed E-state index contributed by atoms with van der Waals surface area (Å²) in [6.45, 7) is 18.7. The molecule has 226 valence electrons. The summed E-state index contributed by atoms with van der Waals surface area (Å²) >= 11 is 0. The lowest BCUT2D eigenvalue weighted by atomic mass is 9.82. The van der Waals surface area contributed by atoms with E-state index in [0.717, 1.165) is 17.7 Å². The van der Waals surface area contributed by atoms with Gasteiger partial charge in [0.15, 0.2) is 0 Å². The van der Waals surface area contributed by atoms with E-state index < -0.39 is 0 Å². The van der Waals surface area contributed by atoms with Crippen molar-refractivity contribution in [2.45, 2.75) is 46.5 Å². The topological polar surface area (TPSA) is 17.0 Å². The van der Waals surface area contributed by atoms with Gasteiger partial charge in [-0.3, -0.25) is 0 Å². The molecular weight excluding hydrogens is 544 g/mol. The van der Waals surface area contributed by atoms with Gasteiger partial charge in [0.2, 0.25) is 0 Å². The first-order valence-electron chi connectivity index (χ1n) is 15.7. The van der Waals surface area contributed by atoms with Crippen molar-refractivity contribution < 1.29 is 0 Å². The fourth-order valence-electron chi connectivity index (χ4n) is 6.34. The molecular formula is C43H44N2. The summed E-state index contributed by atoms with van der Waals surface area (Å²) in [5, 5.41) is 4.58. The summed E-state index contributed by atoms with van der Waals surface area (Å²) in [7, 11) is 0. The predicted molar refractivity (Wildman–Crippen MR) is 197 cm³/mol. The highest BCUT2D eigenvalue weighted by molar-refractivity contribution is 5.92. The molecule has 2 nitrogen and oxygen atoms in total. The van der Waals surface area contributed by atoms with Gasteiger partial charge in [0.05, 0.1) is 5.52 Å². The van der Waals surface area contributed by atoms with E-state index >= 15 is 0 Å². The lowest BCUT2D eigenvalue weighted by Gasteiger charge is -2.21. The van der Waals surface area contributed by atoms with Gasteiger partial charge in [-0.05, 0) is 97.0 Å². The number of nitrogens with zero attached hydrogens (tertiary/aromatic N) is 1. The van der Waals surface area contributed by atoms with Gasteiger partial charge in [0.25, 0.3) is 0 Å². The van der Waals surface area contributed by atoms with E-state index in [1.54, 1.807) is 6.08 Å². The van der Waals surface area contributed by atoms with Crippen LogP contribution in [0.15, 0.2) is 158 Å². The van der Waals surface area contributed by atoms with Crippen LogP contribution in [0.2, 0.25) is 0 Å². The Morgan fingerprint density at radius 1 is 0.889 bits per heavy atom. The van der Waals surface area contributed by atoms with E-state index in [0.29, 0.717) is 0 Å². The van der Waals surface area contributed by atoms with E-state index in [9.17, 15) is 0 Å². The molecule has 5 rings (SSSR count). The molecule has 1 N–H and O–H groups in total. The SMILES string of the molecule is C=C/C=C/N/C(C=C)=C(/C=C\C)C(\C)=C\Cc1ccc2c(c1)c(/C=C\C=C/C)cn2-c1ccc2c(c1)-c1ccccc1C2(C)C. The second-order valence-corrected chi connectivity index (χ2v) is 12.0. The molecule has 0 saturated heterocycles. The van der Waals surface area contributed by atoms with Crippen molar-refractivity contribution in [1.29, 1.82) is 0 Å². The van der Waals surface area contributed by atoms with Crippen LogP contribution < -0.4 is 5.32 Å². The molecule has 1 heterocycles. The highest BCUT2D eigenvalue weighted by atomic mass is 15.0. The van der Waals surface area contributed by atoms with Crippen molar-refractivity contribution in [3.8, 4) is 16.8 Å². The smallest absolute Gasteiger partial charge is 0.0534 e.